The van der Waals surface area contributed by atoms with Gasteiger partial charge in [-0.3, -0.25) is 4.79 Å². The quantitative estimate of drug-likeness (QED) is 0.639. The summed E-state index contributed by atoms with van der Waals surface area (Å²) in [6, 6.07) is 6.54. The van der Waals surface area contributed by atoms with Crippen molar-refractivity contribution in [2.24, 2.45) is 0 Å². The highest BCUT2D eigenvalue weighted by atomic mass is 19.4. The van der Waals surface area contributed by atoms with Crippen molar-refractivity contribution in [2.75, 3.05) is 32.1 Å². The van der Waals surface area contributed by atoms with Crippen LogP contribution in [0.2, 0.25) is 0 Å². The van der Waals surface area contributed by atoms with E-state index >= 15 is 0 Å². The van der Waals surface area contributed by atoms with Gasteiger partial charge in [0.05, 0.1) is 18.8 Å². The largest absolute Gasteiger partial charge is 0.490 e. The third kappa shape index (κ3) is 8.82. The summed E-state index contributed by atoms with van der Waals surface area (Å²) >= 11 is 0. The minimum absolute atomic E-state index is 0.0451. The molecule has 1 amide bonds. The van der Waals surface area contributed by atoms with Crippen molar-refractivity contribution in [2.45, 2.75) is 25.1 Å². The number of aliphatic carboxylic acids is 1. The summed E-state index contributed by atoms with van der Waals surface area (Å²) in [6.07, 6.45) is -3.07. The minimum Gasteiger partial charge on any atom is -0.475 e. The van der Waals surface area contributed by atoms with Gasteiger partial charge in [-0.15, -0.1) is 0 Å². The fourth-order valence-electron chi connectivity index (χ4n) is 2.16. The minimum atomic E-state index is -5.08. The molecule has 0 unspecified atom stereocenters. The number of anilines is 1. The van der Waals surface area contributed by atoms with Crippen molar-refractivity contribution in [3.8, 4) is 0 Å². The van der Waals surface area contributed by atoms with Gasteiger partial charge in [-0.05, 0) is 50.2 Å². The zero-order chi connectivity index (χ0) is 21.2. The van der Waals surface area contributed by atoms with E-state index in [2.05, 4.69) is 15.4 Å². The fraction of sp³-hybridized carbons (Fsp3) is 0.471. The van der Waals surface area contributed by atoms with Crippen LogP contribution in [0.1, 0.15) is 23.2 Å². The standard InChI is InChI=1S/C15H20N2O4.C2HF3O2/c1-20-15(19)11-2-4-12(5-3-11)17-14(18)10-21-13-6-8-16-9-7-13;3-2(4,5)1(6)7/h2-5,13,16H,6-10H2,1H3,(H,17,18);(H,6,7). The van der Waals surface area contributed by atoms with Crippen molar-refractivity contribution < 1.29 is 42.1 Å². The number of piperidine rings is 1. The van der Waals surface area contributed by atoms with Gasteiger partial charge >= 0.3 is 18.1 Å². The highest BCUT2D eigenvalue weighted by Crippen LogP contribution is 2.13. The van der Waals surface area contributed by atoms with Gasteiger partial charge in [0.1, 0.15) is 6.61 Å². The number of hydrogen-bond acceptors (Lipinski definition) is 6. The second-order valence-electron chi connectivity index (χ2n) is 5.68. The van der Waals surface area contributed by atoms with Crippen molar-refractivity contribution in [1.82, 2.24) is 5.32 Å². The number of halogens is 3. The van der Waals surface area contributed by atoms with E-state index in [9.17, 15) is 22.8 Å². The molecule has 1 aromatic rings. The van der Waals surface area contributed by atoms with Gasteiger partial charge in [0, 0.05) is 5.69 Å². The van der Waals surface area contributed by atoms with E-state index in [0.29, 0.717) is 11.3 Å². The van der Waals surface area contributed by atoms with E-state index in [4.69, 9.17) is 14.6 Å². The summed E-state index contributed by atoms with van der Waals surface area (Å²) in [7, 11) is 1.33. The van der Waals surface area contributed by atoms with E-state index < -0.39 is 18.1 Å². The third-order valence-electron chi connectivity index (χ3n) is 3.57. The van der Waals surface area contributed by atoms with E-state index in [1.807, 2.05) is 0 Å². The molecule has 1 saturated heterocycles. The van der Waals surface area contributed by atoms with Crippen molar-refractivity contribution in [3.63, 3.8) is 0 Å². The monoisotopic (exact) mass is 406 g/mol. The van der Waals surface area contributed by atoms with E-state index in [0.717, 1.165) is 25.9 Å². The van der Waals surface area contributed by atoms with Crippen LogP contribution in [0.4, 0.5) is 18.9 Å². The number of rotatable bonds is 5. The first-order chi connectivity index (χ1) is 13.1. The summed E-state index contributed by atoms with van der Waals surface area (Å²) in [5.41, 5.74) is 1.07. The Kier molecular flexibility index (Phi) is 9.39. The van der Waals surface area contributed by atoms with Crippen LogP contribution < -0.4 is 10.6 Å². The first-order valence-electron chi connectivity index (χ1n) is 8.24. The van der Waals surface area contributed by atoms with Gasteiger partial charge in [-0.25, -0.2) is 9.59 Å². The lowest BCUT2D eigenvalue weighted by atomic mass is 10.1. The average Bonchev–Trinajstić information content (AvgIpc) is 2.67. The zero-order valence-electron chi connectivity index (χ0n) is 15.0. The lowest BCUT2D eigenvalue weighted by molar-refractivity contribution is -0.192. The van der Waals surface area contributed by atoms with Crippen LogP contribution >= 0.6 is 0 Å². The molecule has 1 aliphatic rings. The Morgan fingerprint density at radius 2 is 1.71 bits per heavy atom. The number of carbonyl (C=O) groups excluding carboxylic acids is 2. The van der Waals surface area contributed by atoms with Gasteiger partial charge < -0.3 is 25.2 Å². The number of nitrogens with one attached hydrogen (secondary N) is 2. The molecule has 0 aromatic heterocycles. The average molecular weight is 406 g/mol. The molecule has 156 valence electrons. The first-order valence-corrected chi connectivity index (χ1v) is 8.24. The van der Waals surface area contributed by atoms with Crippen molar-refractivity contribution in [1.29, 1.82) is 0 Å². The smallest absolute Gasteiger partial charge is 0.475 e. The molecular formula is C17H21F3N2O6. The van der Waals surface area contributed by atoms with E-state index in [-0.39, 0.29) is 18.6 Å². The van der Waals surface area contributed by atoms with Crippen LogP contribution in [0.3, 0.4) is 0 Å². The first kappa shape index (κ1) is 23.4. The second kappa shape index (κ2) is 11.2. The molecule has 1 heterocycles. The van der Waals surface area contributed by atoms with Crippen LogP contribution in [0.15, 0.2) is 24.3 Å². The molecule has 0 bridgehead atoms. The highest BCUT2D eigenvalue weighted by molar-refractivity contribution is 5.93. The van der Waals surface area contributed by atoms with Gasteiger partial charge in [0.15, 0.2) is 0 Å². The maximum atomic E-state index is 11.8. The number of carboxylic acids is 1. The van der Waals surface area contributed by atoms with Crippen molar-refractivity contribution >= 4 is 23.5 Å². The van der Waals surface area contributed by atoms with E-state index in [1.165, 1.54) is 7.11 Å². The van der Waals surface area contributed by atoms with Crippen LogP contribution in [-0.2, 0) is 19.1 Å². The molecule has 0 atom stereocenters. The molecule has 0 spiro atoms. The normalized spacial score (nSPS) is 14.4. The number of esters is 1. The number of carboxylic acid groups (broad SMARTS) is 1. The summed E-state index contributed by atoms with van der Waals surface area (Å²) in [5.74, 6) is -3.35. The molecule has 11 heteroatoms. The number of benzene rings is 1. The highest BCUT2D eigenvalue weighted by Gasteiger charge is 2.38. The zero-order valence-corrected chi connectivity index (χ0v) is 15.0. The predicted octanol–water partition coefficient (Wildman–Crippen LogP) is 1.81. The molecule has 3 N–H and O–H groups in total. The SMILES string of the molecule is COC(=O)c1ccc(NC(=O)COC2CCNCC2)cc1.O=C(O)C(F)(F)F. The Morgan fingerprint density at radius 3 is 2.18 bits per heavy atom. The molecule has 0 saturated carbocycles. The van der Waals surface area contributed by atoms with E-state index in [1.54, 1.807) is 24.3 Å². The Morgan fingerprint density at radius 1 is 1.18 bits per heavy atom. The number of amides is 1. The fourth-order valence-corrected chi connectivity index (χ4v) is 2.16. The molecule has 0 aliphatic carbocycles. The number of hydrogen-bond donors (Lipinski definition) is 3. The molecule has 8 nitrogen and oxygen atoms in total. The maximum Gasteiger partial charge on any atom is 0.490 e. The summed E-state index contributed by atoms with van der Waals surface area (Å²) in [6.45, 7) is 1.91. The van der Waals surface area contributed by atoms with Crippen LogP contribution in [0.5, 0.6) is 0 Å². The second-order valence-corrected chi connectivity index (χ2v) is 5.68. The topological polar surface area (TPSA) is 114 Å². The van der Waals surface area contributed by atoms with Gasteiger partial charge in [0.2, 0.25) is 5.91 Å². The molecule has 0 radical (unpaired) electrons. The molecule has 1 aliphatic heterocycles. The Bertz CT molecular complexity index is 658. The molecule has 28 heavy (non-hydrogen) atoms. The lowest BCUT2D eigenvalue weighted by Gasteiger charge is -2.22. The number of alkyl halides is 3. The number of ether oxygens (including phenoxy) is 2. The van der Waals surface area contributed by atoms with Gasteiger partial charge in [-0.2, -0.15) is 13.2 Å². The number of methoxy groups -OCH3 is 1. The molecule has 1 aromatic carbocycles. The molecule has 2 rings (SSSR count). The summed E-state index contributed by atoms with van der Waals surface area (Å²) in [4.78, 5) is 32.0. The summed E-state index contributed by atoms with van der Waals surface area (Å²) in [5, 5.41) is 13.1. The predicted molar refractivity (Wildman–Crippen MR) is 91.9 cm³/mol. The third-order valence-corrected chi connectivity index (χ3v) is 3.57. The lowest BCUT2D eigenvalue weighted by Crippen LogP contribution is -2.34. The van der Waals surface area contributed by atoms with Crippen LogP contribution in [0, 0.1) is 0 Å². The molecular weight excluding hydrogens is 385 g/mol. The number of carbonyl (C=O) groups is 3. The Hall–Kier alpha value is -2.66. The Balaban J connectivity index is 0.000000480. The van der Waals surface area contributed by atoms with Gasteiger partial charge in [-0.1, -0.05) is 0 Å². The molecule has 1 fully saturated rings. The Labute approximate surface area is 159 Å². The van der Waals surface area contributed by atoms with Crippen LogP contribution in [-0.4, -0.2) is 62.0 Å². The van der Waals surface area contributed by atoms with Crippen molar-refractivity contribution in [3.05, 3.63) is 29.8 Å². The van der Waals surface area contributed by atoms with Gasteiger partial charge in [0.25, 0.3) is 0 Å². The maximum absolute atomic E-state index is 11.8. The summed E-state index contributed by atoms with van der Waals surface area (Å²) < 4.78 is 41.9. The van der Waals surface area contributed by atoms with Crippen LogP contribution in [0.25, 0.3) is 0 Å².